The van der Waals surface area contributed by atoms with E-state index in [0.717, 1.165) is 18.2 Å². The molecule has 37 heavy (non-hydrogen) atoms. The van der Waals surface area contributed by atoms with Crippen molar-refractivity contribution in [2.45, 2.75) is 75.8 Å². The predicted molar refractivity (Wildman–Crippen MR) is 121 cm³/mol. The Kier molecular flexibility index (Phi) is 7.62. The third-order valence-electron chi connectivity index (χ3n) is 6.54. The van der Waals surface area contributed by atoms with Gasteiger partial charge < -0.3 is 24.3 Å². The summed E-state index contributed by atoms with van der Waals surface area (Å²) in [6, 6.07) is 8.37. The van der Waals surface area contributed by atoms with Crippen molar-refractivity contribution >= 4 is 5.91 Å². The van der Waals surface area contributed by atoms with E-state index in [4.69, 9.17) is 18.9 Å². The Balaban J connectivity index is 1.60. The maximum atomic E-state index is 14.2. The zero-order valence-corrected chi connectivity index (χ0v) is 20.5. The van der Waals surface area contributed by atoms with E-state index in [2.05, 4.69) is 5.32 Å². The molecule has 202 valence electrons. The Morgan fingerprint density at radius 1 is 1.08 bits per heavy atom. The Hall–Kier alpha value is -2.60. The topological polar surface area (TPSA) is 66.0 Å². The third kappa shape index (κ3) is 5.95. The number of amides is 1. The Bertz CT molecular complexity index is 1140. The van der Waals surface area contributed by atoms with Crippen LogP contribution in [0, 0.1) is 11.6 Å². The van der Waals surface area contributed by atoms with Crippen molar-refractivity contribution in [3.05, 3.63) is 70.8 Å². The molecule has 2 aliphatic rings. The van der Waals surface area contributed by atoms with Gasteiger partial charge in [0.1, 0.15) is 6.10 Å². The molecule has 1 aliphatic heterocycles. The number of halogens is 5. The van der Waals surface area contributed by atoms with Crippen LogP contribution in [0.3, 0.4) is 0 Å². The van der Waals surface area contributed by atoms with E-state index in [9.17, 15) is 26.7 Å². The highest BCUT2D eigenvalue weighted by Crippen LogP contribution is 2.44. The lowest BCUT2D eigenvalue weighted by Gasteiger charge is -2.43. The molecule has 2 aromatic carbocycles. The first-order valence-corrected chi connectivity index (χ1v) is 11.8. The summed E-state index contributed by atoms with van der Waals surface area (Å²) in [5.41, 5.74) is -2.17. The summed E-state index contributed by atoms with van der Waals surface area (Å²) in [6.45, 7) is 2.79. The monoisotopic (exact) mass is 529 g/mol. The first-order chi connectivity index (χ1) is 17.3. The highest BCUT2D eigenvalue weighted by Gasteiger charge is 2.57. The van der Waals surface area contributed by atoms with Gasteiger partial charge in [-0.15, -0.1) is 0 Å². The molecule has 1 heterocycles. The minimum Gasteiger partial charge on any atom is -0.370 e. The average molecular weight is 530 g/mol. The zero-order valence-electron chi connectivity index (χ0n) is 20.5. The van der Waals surface area contributed by atoms with Crippen molar-refractivity contribution in [2.75, 3.05) is 7.05 Å². The van der Waals surface area contributed by atoms with Gasteiger partial charge in [0.05, 0.1) is 31.0 Å². The normalized spacial score (nSPS) is 27.1. The molecule has 0 radical (unpaired) electrons. The Morgan fingerprint density at radius 2 is 1.81 bits per heavy atom. The van der Waals surface area contributed by atoms with E-state index < -0.39 is 59.0 Å². The van der Waals surface area contributed by atoms with Crippen LogP contribution in [0.4, 0.5) is 22.0 Å². The lowest BCUT2D eigenvalue weighted by molar-refractivity contribution is -0.183. The molecule has 0 spiro atoms. The van der Waals surface area contributed by atoms with Crippen molar-refractivity contribution in [2.24, 2.45) is 0 Å². The minimum atomic E-state index is -4.53. The van der Waals surface area contributed by atoms with Crippen LogP contribution >= 0.6 is 0 Å². The smallest absolute Gasteiger partial charge is 0.370 e. The molecule has 1 saturated heterocycles. The summed E-state index contributed by atoms with van der Waals surface area (Å²) in [7, 11) is 1.41. The highest BCUT2D eigenvalue weighted by atomic mass is 19.4. The van der Waals surface area contributed by atoms with Gasteiger partial charge in [-0.2, -0.15) is 13.2 Å². The molecule has 2 aromatic rings. The molecule has 0 bridgehead atoms. The maximum absolute atomic E-state index is 14.2. The number of rotatable bonds is 7. The number of carbonyl (C=O) groups is 1. The molecule has 4 atom stereocenters. The van der Waals surface area contributed by atoms with Gasteiger partial charge in [-0.1, -0.05) is 24.3 Å². The molecule has 11 heteroatoms. The van der Waals surface area contributed by atoms with E-state index in [1.807, 2.05) is 0 Å². The lowest BCUT2D eigenvalue weighted by atomic mass is 9.78. The van der Waals surface area contributed by atoms with Gasteiger partial charge in [0.15, 0.2) is 23.0 Å². The van der Waals surface area contributed by atoms with Gasteiger partial charge in [-0.3, -0.25) is 4.79 Å². The number of hydrogen-bond donors (Lipinski definition) is 1. The predicted octanol–water partition coefficient (Wildman–Crippen LogP) is 4.88. The molecule has 2 fully saturated rings. The largest absolute Gasteiger partial charge is 0.416 e. The van der Waals surface area contributed by atoms with Crippen molar-refractivity contribution < 1.29 is 45.7 Å². The summed E-state index contributed by atoms with van der Waals surface area (Å²) >= 11 is 0. The fraction of sp³-hybridized carbons (Fsp3) is 0.500. The second-order valence-electron chi connectivity index (χ2n) is 9.67. The van der Waals surface area contributed by atoms with Gasteiger partial charge in [-0.25, -0.2) is 8.78 Å². The number of hydrogen-bond acceptors (Lipinski definition) is 5. The van der Waals surface area contributed by atoms with Gasteiger partial charge in [-0.05, 0) is 37.6 Å². The number of likely N-dealkylation sites (N-methyl/N-ethyl adjacent to an activating group) is 1. The fourth-order valence-electron chi connectivity index (χ4n) is 4.85. The van der Waals surface area contributed by atoms with E-state index in [0.29, 0.717) is 0 Å². The first-order valence-electron chi connectivity index (χ1n) is 11.8. The molecule has 1 N–H and O–H groups in total. The molecule has 4 rings (SSSR count). The highest BCUT2D eigenvalue weighted by molar-refractivity contribution is 5.85. The number of fused-ring (bicyclic) bond motifs is 1. The van der Waals surface area contributed by atoms with Crippen LogP contribution in [0.2, 0.25) is 0 Å². The SMILES string of the molecule is CNC(=O)[C@@]1(OCc2cccc(C(F)(F)F)c2)CC(OCc2cccc(F)c2F)[C@@H]2OC(C)(C)O[C@@H]2C1. The van der Waals surface area contributed by atoms with E-state index in [1.165, 1.54) is 31.3 Å². The zero-order chi connectivity index (χ0) is 27.0. The molecule has 1 amide bonds. The molecule has 1 saturated carbocycles. The van der Waals surface area contributed by atoms with Crippen molar-refractivity contribution in [3.63, 3.8) is 0 Å². The van der Waals surface area contributed by atoms with Crippen LogP contribution in [0.25, 0.3) is 0 Å². The average Bonchev–Trinajstić information content (AvgIpc) is 3.16. The molecule has 1 aliphatic carbocycles. The summed E-state index contributed by atoms with van der Waals surface area (Å²) in [5.74, 6) is -3.59. The molecular formula is C26H28F5NO5. The standard InChI is InChI=1S/C26H28F5NO5/c1-24(2)36-20-12-25(23(33)32-3,35-13-15-6-4-8-17(10-15)26(29,30)31)11-19(22(20)37-24)34-14-16-7-5-9-18(27)21(16)28/h4-10,19-20,22H,11-14H2,1-3H3,(H,32,33)/t19?,20-,22+,25-/m1/s1. The van der Waals surface area contributed by atoms with Crippen LogP contribution in [0.1, 0.15) is 43.4 Å². The first kappa shape index (κ1) is 27.4. The van der Waals surface area contributed by atoms with Crippen LogP contribution in [0.5, 0.6) is 0 Å². The van der Waals surface area contributed by atoms with Crippen molar-refractivity contribution in [1.82, 2.24) is 5.32 Å². The van der Waals surface area contributed by atoms with E-state index in [1.54, 1.807) is 13.8 Å². The number of carbonyl (C=O) groups excluding carboxylic acids is 1. The van der Waals surface area contributed by atoms with Crippen LogP contribution in [0.15, 0.2) is 42.5 Å². The molecule has 0 aromatic heterocycles. The molecular weight excluding hydrogens is 501 g/mol. The van der Waals surface area contributed by atoms with Gasteiger partial charge in [0.25, 0.3) is 5.91 Å². The summed E-state index contributed by atoms with van der Waals surface area (Å²) in [4.78, 5) is 13.1. The fourth-order valence-corrected chi connectivity index (χ4v) is 4.85. The van der Waals surface area contributed by atoms with Crippen LogP contribution in [-0.2, 0) is 43.1 Å². The van der Waals surface area contributed by atoms with Crippen LogP contribution in [-0.4, -0.2) is 42.7 Å². The number of benzene rings is 2. The second kappa shape index (κ2) is 10.3. The molecule has 1 unspecified atom stereocenters. The quantitative estimate of drug-likeness (QED) is 0.518. The van der Waals surface area contributed by atoms with Gasteiger partial charge >= 0.3 is 6.18 Å². The number of ether oxygens (including phenoxy) is 4. The summed E-state index contributed by atoms with van der Waals surface area (Å²) in [5, 5.41) is 2.55. The Morgan fingerprint density at radius 3 is 2.51 bits per heavy atom. The summed E-state index contributed by atoms with van der Waals surface area (Å²) in [6.07, 6.45) is -6.66. The second-order valence-corrected chi connectivity index (χ2v) is 9.67. The van der Waals surface area contributed by atoms with E-state index >= 15 is 0 Å². The van der Waals surface area contributed by atoms with E-state index in [-0.39, 0.29) is 37.2 Å². The number of nitrogens with one attached hydrogen (secondary N) is 1. The number of alkyl halides is 3. The van der Waals surface area contributed by atoms with Gasteiger partial charge in [0, 0.05) is 25.5 Å². The van der Waals surface area contributed by atoms with Crippen molar-refractivity contribution in [1.29, 1.82) is 0 Å². The molecule has 6 nitrogen and oxygen atoms in total. The maximum Gasteiger partial charge on any atom is 0.416 e. The lowest BCUT2D eigenvalue weighted by Crippen LogP contribution is -2.59. The summed E-state index contributed by atoms with van der Waals surface area (Å²) < 4.78 is 91.4. The Labute approximate surface area is 211 Å². The minimum absolute atomic E-state index is 0.0178. The van der Waals surface area contributed by atoms with Crippen molar-refractivity contribution in [3.8, 4) is 0 Å². The van der Waals surface area contributed by atoms with Gasteiger partial charge in [0.2, 0.25) is 0 Å². The van der Waals surface area contributed by atoms with Crippen LogP contribution < -0.4 is 5.32 Å². The third-order valence-corrected chi connectivity index (χ3v) is 6.54.